The Kier molecular flexibility index (Phi) is 4.19. The number of carbonyl (C=O) groups excluding carboxylic acids is 1. The average molecular weight is 274 g/mol. The van der Waals surface area contributed by atoms with Crippen LogP contribution < -0.4 is 10.6 Å². The smallest absolute Gasteiger partial charge is 0.234 e. The first kappa shape index (κ1) is 15.0. The van der Waals surface area contributed by atoms with Gasteiger partial charge in [0.25, 0.3) is 0 Å². The molecule has 2 N–H and O–H groups in total. The molecular formula is C17H26N2O. The Hall–Kier alpha value is -1.35. The molecule has 3 heteroatoms. The first-order valence-electron chi connectivity index (χ1n) is 7.58. The molecule has 1 aromatic rings. The second kappa shape index (κ2) is 5.57. The molecule has 1 aliphatic heterocycles. The molecule has 3 nitrogen and oxygen atoms in total. The molecule has 0 bridgehead atoms. The van der Waals surface area contributed by atoms with Gasteiger partial charge in [0.15, 0.2) is 0 Å². The number of benzene rings is 1. The summed E-state index contributed by atoms with van der Waals surface area (Å²) in [4.78, 5) is 12.0. The van der Waals surface area contributed by atoms with E-state index in [1.165, 1.54) is 5.56 Å². The Morgan fingerprint density at radius 2 is 1.90 bits per heavy atom. The van der Waals surface area contributed by atoms with Crippen molar-refractivity contribution in [1.29, 1.82) is 0 Å². The molecule has 1 amide bonds. The third-order valence-corrected chi connectivity index (χ3v) is 4.72. The van der Waals surface area contributed by atoms with Crippen molar-refractivity contribution in [2.45, 2.75) is 52.0 Å². The van der Waals surface area contributed by atoms with E-state index in [4.69, 9.17) is 0 Å². The summed E-state index contributed by atoms with van der Waals surface area (Å²) in [5, 5.41) is 6.41. The van der Waals surface area contributed by atoms with Gasteiger partial charge in [0.05, 0.1) is 5.41 Å². The van der Waals surface area contributed by atoms with E-state index in [2.05, 4.69) is 36.6 Å². The van der Waals surface area contributed by atoms with Crippen LogP contribution in [0.5, 0.6) is 0 Å². The Balaban J connectivity index is 2.41. The summed E-state index contributed by atoms with van der Waals surface area (Å²) in [7, 11) is 2.02. The minimum atomic E-state index is -0.433. The number of hydrogen-bond acceptors (Lipinski definition) is 2. The van der Waals surface area contributed by atoms with Crippen LogP contribution in [0.2, 0.25) is 0 Å². The van der Waals surface area contributed by atoms with Crippen molar-refractivity contribution >= 4 is 11.6 Å². The molecule has 0 saturated heterocycles. The lowest BCUT2D eigenvalue weighted by Crippen LogP contribution is -2.27. The molecule has 0 radical (unpaired) electrons. The van der Waals surface area contributed by atoms with Gasteiger partial charge >= 0.3 is 0 Å². The van der Waals surface area contributed by atoms with Crippen molar-refractivity contribution in [3.05, 3.63) is 29.3 Å². The zero-order valence-electron chi connectivity index (χ0n) is 13.2. The van der Waals surface area contributed by atoms with E-state index in [0.29, 0.717) is 12.0 Å². The average Bonchev–Trinajstić information content (AvgIpc) is 2.66. The summed E-state index contributed by atoms with van der Waals surface area (Å²) in [6, 6.07) is 6.73. The maximum atomic E-state index is 12.0. The number of rotatable bonds is 5. The molecule has 2 rings (SSSR count). The first-order chi connectivity index (χ1) is 9.45. The van der Waals surface area contributed by atoms with Gasteiger partial charge in [-0.15, -0.1) is 0 Å². The molecule has 110 valence electrons. The highest BCUT2D eigenvalue weighted by atomic mass is 16.2. The largest absolute Gasteiger partial charge is 0.325 e. The Bertz CT molecular complexity index is 504. The van der Waals surface area contributed by atoms with E-state index in [-0.39, 0.29) is 5.91 Å². The van der Waals surface area contributed by atoms with Gasteiger partial charge in [-0.3, -0.25) is 4.79 Å². The van der Waals surface area contributed by atoms with E-state index in [0.717, 1.165) is 24.1 Å². The van der Waals surface area contributed by atoms with Crippen molar-refractivity contribution in [1.82, 2.24) is 5.32 Å². The van der Waals surface area contributed by atoms with Crippen LogP contribution in [0.25, 0.3) is 0 Å². The second-order valence-corrected chi connectivity index (χ2v) is 6.23. The first-order valence-corrected chi connectivity index (χ1v) is 7.58. The lowest BCUT2D eigenvalue weighted by molar-refractivity contribution is -0.119. The van der Waals surface area contributed by atoms with Crippen LogP contribution in [0.15, 0.2) is 18.2 Å². The summed E-state index contributed by atoms with van der Waals surface area (Å²) in [6.07, 6.45) is 2.30. The number of anilines is 1. The van der Waals surface area contributed by atoms with Gasteiger partial charge in [-0.2, -0.15) is 0 Å². The van der Waals surface area contributed by atoms with Crippen LogP contribution in [0.4, 0.5) is 5.69 Å². The van der Waals surface area contributed by atoms with Crippen molar-refractivity contribution in [2.75, 3.05) is 12.4 Å². The number of fused-ring (bicyclic) bond motifs is 1. The van der Waals surface area contributed by atoms with Crippen LogP contribution in [0.1, 0.15) is 57.7 Å². The maximum Gasteiger partial charge on any atom is 0.234 e. The normalized spacial score (nSPS) is 18.0. The van der Waals surface area contributed by atoms with Crippen molar-refractivity contribution in [3.63, 3.8) is 0 Å². The molecule has 0 aromatic heterocycles. The second-order valence-electron chi connectivity index (χ2n) is 6.23. The monoisotopic (exact) mass is 274 g/mol. The van der Waals surface area contributed by atoms with Gasteiger partial charge in [0.2, 0.25) is 5.91 Å². The molecule has 0 fully saturated rings. The van der Waals surface area contributed by atoms with Crippen LogP contribution in [-0.2, 0) is 10.2 Å². The van der Waals surface area contributed by atoms with Gasteiger partial charge in [-0.25, -0.2) is 0 Å². The minimum absolute atomic E-state index is 0.0909. The molecule has 1 aliphatic rings. The predicted octanol–water partition coefficient (Wildman–Crippen LogP) is 3.61. The van der Waals surface area contributed by atoms with E-state index < -0.39 is 5.41 Å². The fraction of sp³-hybridized carbons (Fsp3) is 0.588. The Morgan fingerprint density at radius 1 is 1.25 bits per heavy atom. The highest BCUT2D eigenvalue weighted by molar-refractivity contribution is 6.05. The Morgan fingerprint density at radius 3 is 2.45 bits per heavy atom. The highest BCUT2D eigenvalue weighted by Gasteiger charge is 2.38. The molecule has 0 saturated carbocycles. The van der Waals surface area contributed by atoms with Gasteiger partial charge in [0.1, 0.15) is 0 Å². The quantitative estimate of drug-likeness (QED) is 0.861. The third kappa shape index (κ3) is 2.35. The topological polar surface area (TPSA) is 41.1 Å². The fourth-order valence-corrected chi connectivity index (χ4v) is 3.22. The predicted molar refractivity (Wildman–Crippen MR) is 84.0 cm³/mol. The van der Waals surface area contributed by atoms with Gasteiger partial charge in [0, 0.05) is 11.7 Å². The standard InChI is InChI=1S/C17H26N2O/c1-6-11(7-2)15(18-5)12-8-9-14-13(10-12)17(3,4)16(20)19-14/h8-11,15,18H,6-7H2,1-5H3,(H,19,20). The zero-order chi connectivity index (χ0) is 14.9. The summed E-state index contributed by atoms with van der Waals surface area (Å²) < 4.78 is 0. The third-order valence-electron chi connectivity index (χ3n) is 4.72. The summed E-state index contributed by atoms with van der Waals surface area (Å²) in [6.45, 7) is 8.45. The fourth-order valence-electron chi connectivity index (χ4n) is 3.22. The highest BCUT2D eigenvalue weighted by Crippen LogP contribution is 2.39. The molecule has 0 aliphatic carbocycles. The summed E-state index contributed by atoms with van der Waals surface area (Å²) >= 11 is 0. The lowest BCUT2D eigenvalue weighted by Gasteiger charge is -2.26. The van der Waals surface area contributed by atoms with Crippen molar-refractivity contribution < 1.29 is 4.79 Å². The van der Waals surface area contributed by atoms with Crippen molar-refractivity contribution in [2.24, 2.45) is 5.92 Å². The minimum Gasteiger partial charge on any atom is -0.325 e. The molecule has 1 heterocycles. The van der Waals surface area contributed by atoms with Gasteiger partial charge < -0.3 is 10.6 Å². The van der Waals surface area contributed by atoms with Crippen molar-refractivity contribution in [3.8, 4) is 0 Å². The number of amides is 1. The van der Waals surface area contributed by atoms with Crippen LogP contribution in [-0.4, -0.2) is 13.0 Å². The van der Waals surface area contributed by atoms with Gasteiger partial charge in [-0.05, 0) is 44.0 Å². The molecule has 1 aromatic carbocycles. The van der Waals surface area contributed by atoms with E-state index in [1.54, 1.807) is 0 Å². The van der Waals surface area contributed by atoms with E-state index >= 15 is 0 Å². The van der Waals surface area contributed by atoms with Gasteiger partial charge in [-0.1, -0.05) is 38.8 Å². The van der Waals surface area contributed by atoms with Crippen LogP contribution >= 0.6 is 0 Å². The Labute approximate surface area is 122 Å². The van der Waals surface area contributed by atoms with E-state index in [9.17, 15) is 4.79 Å². The summed E-state index contributed by atoms with van der Waals surface area (Å²) in [5.41, 5.74) is 2.93. The molecular weight excluding hydrogens is 248 g/mol. The zero-order valence-corrected chi connectivity index (χ0v) is 13.2. The number of carbonyl (C=O) groups is 1. The van der Waals surface area contributed by atoms with E-state index in [1.807, 2.05) is 27.0 Å². The molecule has 0 spiro atoms. The van der Waals surface area contributed by atoms with Crippen LogP contribution in [0, 0.1) is 5.92 Å². The number of hydrogen-bond donors (Lipinski definition) is 2. The SMILES string of the molecule is CCC(CC)C(NC)c1ccc2c(c1)C(C)(C)C(=O)N2. The molecule has 20 heavy (non-hydrogen) atoms. The molecule has 1 atom stereocenters. The van der Waals surface area contributed by atoms with Crippen LogP contribution in [0.3, 0.4) is 0 Å². The lowest BCUT2D eigenvalue weighted by atomic mass is 9.82. The number of nitrogens with one attached hydrogen (secondary N) is 2. The molecule has 1 unspecified atom stereocenters. The maximum absolute atomic E-state index is 12.0. The summed E-state index contributed by atoms with van der Waals surface area (Å²) in [5.74, 6) is 0.708.